The maximum atomic E-state index is 12.3. The molecule has 154 valence electrons. The fourth-order valence-corrected chi connectivity index (χ4v) is 3.99. The minimum atomic E-state index is -0.377. The predicted molar refractivity (Wildman–Crippen MR) is 115 cm³/mol. The van der Waals surface area contributed by atoms with Crippen LogP contribution in [0.4, 0.5) is 5.13 Å². The zero-order valence-corrected chi connectivity index (χ0v) is 17.6. The van der Waals surface area contributed by atoms with Crippen molar-refractivity contribution >= 4 is 39.9 Å². The van der Waals surface area contributed by atoms with E-state index in [4.69, 9.17) is 21.1 Å². The summed E-state index contributed by atoms with van der Waals surface area (Å²) in [6.45, 7) is 1.92. The number of carbonyl (C=O) groups excluding carboxylic acids is 2. The van der Waals surface area contributed by atoms with Crippen LogP contribution in [0.25, 0.3) is 0 Å². The van der Waals surface area contributed by atoms with Gasteiger partial charge in [0.15, 0.2) is 16.6 Å². The third-order valence-corrected chi connectivity index (χ3v) is 5.93. The van der Waals surface area contributed by atoms with Crippen LogP contribution in [0.15, 0.2) is 42.6 Å². The van der Waals surface area contributed by atoms with Gasteiger partial charge in [-0.2, -0.15) is 0 Å². The Morgan fingerprint density at radius 2 is 2.03 bits per heavy atom. The molecule has 0 radical (unpaired) electrons. The van der Waals surface area contributed by atoms with Crippen LogP contribution < -0.4 is 20.1 Å². The van der Waals surface area contributed by atoms with Crippen LogP contribution in [-0.4, -0.2) is 30.1 Å². The first kappa shape index (κ1) is 20.2. The molecule has 0 atom stereocenters. The molecule has 30 heavy (non-hydrogen) atoms. The number of nitrogens with zero attached hydrogens (tertiary/aromatic N) is 1. The molecule has 0 fully saturated rings. The van der Waals surface area contributed by atoms with Gasteiger partial charge in [0, 0.05) is 28.1 Å². The molecule has 4 rings (SSSR count). The monoisotopic (exact) mass is 443 g/mol. The number of hydrogen-bond acceptors (Lipinski definition) is 6. The minimum absolute atomic E-state index is 0.134. The van der Waals surface area contributed by atoms with E-state index in [0.29, 0.717) is 28.6 Å². The number of thiazole rings is 1. The number of nitrogens with one attached hydrogen (secondary N) is 2. The highest BCUT2D eigenvalue weighted by atomic mass is 35.5. The average molecular weight is 444 g/mol. The van der Waals surface area contributed by atoms with Crippen molar-refractivity contribution < 1.29 is 19.1 Å². The van der Waals surface area contributed by atoms with Gasteiger partial charge >= 0.3 is 0 Å². The number of aryl methyl sites for hydroxylation is 1. The largest absolute Gasteiger partial charge is 0.454 e. The molecule has 0 aliphatic carbocycles. The molecular formula is C21H18ClN3O4S. The van der Waals surface area contributed by atoms with Gasteiger partial charge in [-0.05, 0) is 36.2 Å². The fraction of sp³-hybridized carbons (Fsp3) is 0.190. The van der Waals surface area contributed by atoms with Gasteiger partial charge in [0.1, 0.15) is 0 Å². The van der Waals surface area contributed by atoms with Gasteiger partial charge in [0.2, 0.25) is 12.7 Å². The number of halogens is 1. The van der Waals surface area contributed by atoms with E-state index in [0.717, 1.165) is 21.0 Å². The quantitative estimate of drug-likeness (QED) is 0.605. The van der Waals surface area contributed by atoms with Gasteiger partial charge < -0.3 is 20.1 Å². The van der Waals surface area contributed by atoms with Crippen LogP contribution in [0.3, 0.4) is 0 Å². The second-order valence-electron chi connectivity index (χ2n) is 6.66. The molecule has 0 saturated heterocycles. The molecule has 2 amide bonds. The Bertz CT molecular complexity index is 1120. The second-order valence-corrected chi connectivity index (χ2v) is 8.15. The molecule has 9 heteroatoms. The lowest BCUT2D eigenvalue weighted by Crippen LogP contribution is -2.32. The third kappa shape index (κ3) is 4.55. The highest BCUT2D eigenvalue weighted by Crippen LogP contribution is 2.32. The molecule has 2 aromatic carbocycles. The molecule has 1 aliphatic heterocycles. The molecule has 0 unspecified atom stereocenters. The van der Waals surface area contributed by atoms with E-state index in [2.05, 4.69) is 15.6 Å². The summed E-state index contributed by atoms with van der Waals surface area (Å²) in [5.74, 6) is 0.364. The van der Waals surface area contributed by atoms with Crippen LogP contribution in [0.2, 0.25) is 5.02 Å². The molecule has 0 bridgehead atoms. The van der Waals surface area contributed by atoms with Crippen molar-refractivity contribution in [2.75, 3.05) is 18.7 Å². The first-order valence-corrected chi connectivity index (χ1v) is 10.4. The number of aromatic nitrogens is 1. The molecular weight excluding hydrogens is 426 g/mol. The number of rotatable bonds is 6. The number of amides is 2. The molecule has 7 nitrogen and oxygen atoms in total. The zero-order valence-electron chi connectivity index (χ0n) is 16.0. The van der Waals surface area contributed by atoms with E-state index in [1.807, 2.05) is 25.1 Å². The van der Waals surface area contributed by atoms with Crippen molar-refractivity contribution in [1.82, 2.24) is 10.3 Å². The van der Waals surface area contributed by atoms with Crippen LogP contribution in [0.1, 0.15) is 26.4 Å². The Morgan fingerprint density at radius 3 is 2.90 bits per heavy atom. The standard InChI is InChI=1S/C21H18ClN3O4S/c1-12-3-2-4-13(19(12)22)7-15-9-24-21(30-15)25-18(26)10-23-20(27)14-5-6-16-17(8-14)29-11-28-16/h2-6,8-9H,7,10-11H2,1H3,(H,23,27)(H,24,25,26). The predicted octanol–water partition coefficient (Wildman–Crippen LogP) is 3.79. The number of fused-ring (bicyclic) bond motifs is 1. The lowest BCUT2D eigenvalue weighted by Gasteiger charge is -2.06. The van der Waals surface area contributed by atoms with E-state index in [-0.39, 0.29) is 25.2 Å². The summed E-state index contributed by atoms with van der Waals surface area (Å²) in [6, 6.07) is 10.8. The first-order chi connectivity index (χ1) is 14.5. The maximum absolute atomic E-state index is 12.3. The molecule has 2 heterocycles. The Hall–Kier alpha value is -3.10. The van der Waals surface area contributed by atoms with E-state index in [9.17, 15) is 9.59 Å². The first-order valence-electron chi connectivity index (χ1n) is 9.16. The smallest absolute Gasteiger partial charge is 0.251 e. The zero-order chi connectivity index (χ0) is 21.1. The minimum Gasteiger partial charge on any atom is -0.454 e. The molecule has 0 spiro atoms. The highest BCUT2D eigenvalue weighted by Gasteiger charge is 2.17. The van der Waals surface area contributed by atoms with Crippen molar-refractivity contribution in [3.05, 3.63) is 69.2 Å². The summed E-state index contributed by atoms with van der Waals surface area (Å²) in [5, 5.41) is 6.49. The number of carbonyl (C=O) groups is 2. The van der Waals surface area contributed by atoms with Crippen LogP contribution >= 0.6 is 22.9 Å². The van der Waals surface area contributed by atoms with Crippen molar-refractivity contribution in [3.63, 3.8) is 0 Å². The Labute approximate surface area is 182 Å². The molecule has 3 aromatic rings. The lowest BCUT2D eigenvalue weighted by atomic mass is 10.1. The van der Waals surface area contributed by atoms with Crippen molar-refractivity contribution in [3.8, 4) is 11.5 Å². The van der Waals surface area contributed by atoms with E-state index in [1.165, 1.54) is 11.3 Å². The lowest BCUT2D eigenvalue weighted by molar-refractivity contribution is -0.115. The van der Waals surface area contributed by atoms with E-state index < -0.39 is 0 Å². The van der Waals surface area contributed by atoms with Crippen molar-refractivity contribution in [2.24, 2.45) is 0 Å². The van der Waals surface area contributed by atoms with Crippen molar-refractivity contribution in [2.45, 2.75) is 13.3 Å². The SMILES string of the molecule is Cc1cccc(Cc2cnc(NC(=O)CNC(=O)c3ccc4c(c3)OCO4)s2)c1Cl. The van der Waals surface area contributed by atoms with Gasteiger partial charge in [-0.3, -0.25) is 9.59 Å². The third-order valence-electron chi connectivity index (χ3n) is 4.48. The van der Waals surface area contributed by atoms with Crippen LogP contribution in [0, 0.1) is 6.92 Å². The van der Waals surface area contributed by atoms with Crippen molar-refractivity contribution in [1.29, 1.82) is 0 Å². The summed E-state index contributed by atoms with van der Waals surface area (Å²) < 4.78 is 10.5. The van der Waals surface area contributed by atoms with Crippen LogP contribution in [0.5, 0.6) is 11.5 Å². The van der Waals surface area contributed by atoms with E-state index >= 15 is 0 Å². The topological polar surface area (TPSA) is 89.6 Å². The molecule has 2 N–H and O–H groups in total. The van der Waals surface area contributed by atoms with Gasteiger partial charge in [-0.15, -0.1) is 11.3 Å². The molecule has 1 aliphatic rings. The maximum Gasteiger partial charge on any atom is 0.251 e. The second kappa shape index (κ2) is 8.73. The summed E-state index contributed by atoms with van der Waals surface area (Å²) in [6.07, 6.45) is 2.35. The van der Waals surface area contributed by atoms with Crippen LogP contribution in [-0.2, 0) is 11.2 Å². The van der Waals surface area contributed by atoms with Gasteiger partial charge in [-0.25, -0.2) is 4.98 Å². The molecule has 1 aromatic heterocycles. The average Bonchev–Trinajstić information content (AvgIpc) is 3.38. The van der Waals surface area contributed by atoms with Gasteiger partial charge in [0.05, 0.1) is 6.54 Å². The normalized spacial score (nSPS) is 11.9. The Morgan fingerprint density at radius 1 is 1.20 bits per heavy atom. The summed E-state index contributed by atoms with van der Waals surface area (Å²) in [7, 11) is 0. The summed E-state index contributed by atoms with van der Waals surface area (Å²) in [5.41, 5.74) is 2.42. The summed E-state index contributed by atoms with van der Waals surface area (Å²) in [4.78, 5) is 29.6. The Balaban J connectivity index is 1.30. The fourth-order valence-electron chi connectivity index (χ4n) is 2.94. The van der Waals surface area contributed by atoms with Gasteiger partial charge in [-0.1, -0.05) is 29.8 Å². The summed E-state index contributed by atoms with van der Waals surface area (Å²) >= 11 is 7.72. The number of benzene rings is 2. The number of anilines is 1. The highest BCUT2D eigenvalue weighted by molar-refractivity contribution is 7.15. The number of hydrogen-bond donors (Lipinski definition) is 2. The molecule has 0 saturated carbocycles. The van der Waals surface area contributed by atoms with E-state index in [1.54, 1.807) is 24.4 Å². The van der Waals surface area contributed by atoms with Gasteiger partial charge in [0.25, 0.3) is 5.91 Å². The Kier molecular flexibility index (Phi) is 5.87. The number of ether oxygens (including phenoxy) is 2.